The van der Waals surface area contributed by atoms with Crippen molar-refractivity contribution in [2.45, 2.75) is 13.5 Å². The van der Waals surface area contributed by atoms with Gasteiger partial charge in [0.2, 0.25) is 0 Å². The van der Waals surface area contributed by atoms with Crippen molar-refractivity contribution in [1.29, 1.82) is 0 Å². The number of carbonyl (C=O) groups is 1. The molecule has 0 N–H and O–H groups in total. The van der Waals surface area contributed by atoms with Crippen LogP contribution in [0.25, 0.3) is 6.08 Å². The van der Waals surface area contributed by atoms with Gasteiger partial charge in [0.1, 0.15) is 18.1 Å². The molecule has 0 saturated carbocycles. The van der Waals surface area contributed by atoms with E-state index in [-0.39, 0.29) is 5.91 Å². The first-order chi connectivity index (χ1) is 12.5. The third-order valence-electron chi connectivity index (χ3n) is 4.16. The van der Waals surface area contributed by atoms with Crippen LogP contribution in [-0.4, -0.2) is 34.4 Å². The van der Waals surface area contributed by atoms with Gasteiger partial charge in [-0.3, -0.25) is 9.69 Å². The molecule has 1 aliphatic rings. The van der Waals surface area contributed by atoms with Gasteiger partial charge in [-0.05, 0) is 60.6 Å². The zero-order valence-corrected chi connectivity index (χ0v) is 16.2. The maximum Gasteiger partial charge on any atom is 0.276 e. The van der Waals surface area contributed by atoms with Gasteiger partial charge in [0, 0.05) is 18.6 Å². The number of benzene rings is 2. The molecule has 1 heterocycles. The highest BCUT2D eigenvalue weighted by Gasteiger charge is 2.34. The molecule has 0 unspecified atom stereocenters. The van der Waals surface area contributed by atoms with Gasteiger partial charge in [0.25, 0.3) is 5.91 Å². The minimum absolute atomic E-state index is 0.0666. The zero-order chi connectivity index (χ0) is 18.7. The minimum Gasteiger partial charge on any atom is -0.489 e. The molecule has 0 bridgehead atoms. The van der Waals surface area contributed by atoms with Gasteiger partial charge in [-0.25, -0.2) is 0 Å². The molecule has 4 nitrogen and oxygen atoms in total. The van der Waals surface area contributed by atoms with Gasteiger partial charge in [0.15, 0.2) is 5.11 Å². The van der Waals surface area contributed by atoms with Crippen molar-refractivity contribution in [1.82, 2.24) is 9.80 Å². The standard InChI is InChI=1S/C20H19ClN2O2S/c1-3-23-19(24)18(22(2)20(23)26)12-14-6-10-17(11-7-14)25-13-15-4-8-16(21)9-5-15/h4-12H,3,13H2,1-2H3/b18-12-. The molecule has 2 aromatic rings. The highest BCUT2D eigenvalue weighted by atomic mass is 35.5. The molecule has 1 fully saturated rings. The lowest BCUT2D eigenvalue weighted by Gasteiger charge is -2.13. The molecule has 1 amide bonds. The molecule has 1 saturated heterocycles. The largest absolute Gasteiger partial charge is 0.489 e. The lowest BCUT2D eigenvalue weighted by Crippen LogP contribution is -2.30. The zero-order valence-electron chi connectivity index (χ0n) is 14.6. The van der Waals surface area contributed by atoms with E-state index in [0.717, 1.165) is 16.9 Å². The number of rotatable bonds is 5. The van der Waals surface area contributed by atoms with E-state index in [9.17, 15) is 4.79 Å². The van der Waals surface area contributed by atoms with Crippen LogP contribution in [0.15, 0.2) is 54.2 Å². The molecular formula is C20H19ClN2O2S. The molecule has 3 rings (SSSR count). The topological polar surface area (TPSA) is 32.8 Å². The summed E-state index contributed by atoms with van der Waals surface area (Å²) in [5.74, 6) is 0.696. The predicted octanol–water partition coefficient (Wildman–Crippen LogP) is 4.34. The highest BCUT2D eigenvalue weighted by Crippen LogP contribution is 2.23. The van der Waals surface area contributed by atoms with E-state index >= 15 is 0 Å². The lowest BCUT2D eigenvalue weighted by molar-refractivity contribution is -0.122. The summed E-state index contributed by atoms with van der Waals surface area (Å²) >= 11 is 11.2. The summed E-state index contributed by atoms with van der Waals surface area (Å²) in [7, 11) is 1.81. The van der Waals surface area contributed by atoms with Gasteiger partial charge >= 0.3 is 0 Å². The Labute approximate surface area is 163 Å². The third kappa shape index (κ3) is 3.89. The summed E-state index contributed by atoms with van der Waals surface area (Å²) in [6.45, 7) is 2.95. The fraction of sp³-hybridized carbons (Fsp3) is 0.200. The highest BCUT2D eigenvalue weighted by molar-refractivity contribution is 7.80. The van der Waals surface area contributed by atoms with Crippen LogP contribution in [0.4, 0.5) is 0 Å². The van der Waals surface area contributed by atoms with E-state index in [1.807, 2.05) is 68.6 Å². The van der Waals surface area contributed by atoms with Crippen LogP contribution < -0.4 is 4.74 Å². The number of hydrogen-bond acceptors (Lipinski definition) is 3. The Hall–Kier alpha value is -2.37. The smallest absolute Gasteiger partial charge is 0.276 e. The van der Waals surface area contributed by atoms with Gasteiger partial charge in [-0.2, -0.15) is 0 Å². The van der Waals surface area contributed by atoms with E-state index in [2.05, 4.69) is 0 Å². The van der Waals surface area contributed by atoms with Gasteiger partial charge in [-0.1, -0.05) is 35.9 Å². The fourth-order valence-corrected chi connectivity index (χ4v) is 3.09. The first-order valence-electron chi connectivity index (χ1n) is 8.28. The maximum atomic E-state index is 12.4. The Morgan fingerprint density at radius 1 is 1.12 bits per heavy atom. The SMILES string of the molecule is CCN1C(=O)/C(=C/c2ccc(OCc3ccc(Cl)cc3)cc2)N(C)C1=S. The van der Waals surface area contributed by atoms with Crippen molar-refractivity contribution < 1.29 is 9.53 Å². The normalized spacial score (nSPS) is 15.9. The average molecular weight is 387 g/mol. The van der Waals surface area contributed by atoms with Crippen molar-refractivity contribution in [2.75, 3.05) is 13.6 Å². The molecule has 1 aliphatic heterocycles. The fourth-order valence-electron chi connectivity index (χ4n) is 2.66. The van der Waals surface area contributed by atoms with Crippen LogP contribution in [0.3, 0.4) is 0 Å². The van der Waals surface area contributed by atoms with Crippen LogP contribution in [0.5, 0.6) is 5.75 Å². The van der Waals surface area contributed by atoms with Crippen molar-refractivity contribution in [3.8, 4) is 5.75 Å². The number of nitrogens with zero attached hydrogens (tertiary/aromatic N) is 2. The van der Waals surface area contributed by atoms with Gasteiger partial charge in [-0.15, -0.1) is 0 Å². The van der Waals surface area contributed by atoms with Gasteiger partial charge < -0.3 is 9.64 Å². The molecular weight excluding hydrogens is 368 g/mol. The summed E-state index contributed by atoms with van der Waals surface area (Å²) in [6, 6.07) is 15.2. The van der Waals surface area contributed by atoms with Gasteiger partial charge in [0.05, 0.1) is 0 Å². The molecule has 2 aromatic carbocycles. The van der Waals surface area contributed by atoms with Crippen LogP contribution >= 0.6 is 23.8 Å². The molecule has 0 aromatic heterocycles. The number of thiocarbonyl (C=S) groups is 1. The molecule has 6 heteroatoms. The Kier molecular flexibility index (Phi) is 5.59. The summed E-state index contributed by atoms with van der Waals surface area (Å²) in [6.07, 6.45) is 1.84. The Balaban J connectivity index is 1.68. The molecule has 0 atom stereocenters. The van der Waals surface area contributed by atoms with Crippen LogP contribution in [-0.2, 0) is 11.4 Å². The summed E-state index contributed by atoms with van der Waals surface area (Å²) in [5, 5.41) is 1.24. The van der Waals surface area contributed by atoms with Crippen molar-refractivity contribution in [2.24, 2.45) is 0 Å². The van der Waals surface area contributed by atoms with Crippen LogP contribution in [0.2, 0.25) is 5.02 Å². The first kappa shape index (κ1) is 18.4. The Morgan fingerprint density at radius 2 is 1.77 bits per heavy atom. The maximum absolute atomic E-state index is 12.4. The molecule has 0 spiro atoms. The number of likely N-dealkylation sites (N-methyl/N-ethyl adjacent to an activating group) is 2. The van der Waals surface area contributed by atoms with E-state index < -0.39 is 0 Å². The number of halogens is 1. The van der Waals surface area contributed by atoms with E-state index in [0.29, 0.717) is 29.0 Å². The Bertz CT molecular complexity index is 847. The van der Waals surface area contributed by atoms with Crippen molar-refractivity contribution in [3.05, 3.63) is 70.4 Å². The molecule has 0 aliphatic carbocycles. The lowest BCUT2D eigenvalue weighted by atomic mass is 10.1. The van der Waals surface area contributed by atoms with Crippen molar-refractivity contribution in [3.63, 3.8) is 0 Å². The monoisotopic (exact) mass is 386 g/mol. The first-order valence-corrected chi connectivity index (χ1v) is 9.06. The number of carbonyl (C=O) groups excluding carboxylic acids is 1. The minimum atomic E-state index is -0.0666. The second kappa shape index (κ2) is 7.89. The Morgan fingerprint density at radius 3 is 2.35 bits per heavy atom. The third-order valence-corrected chi connectivity index (χ3v) is 4.91. The summed E-state index contributed by atoms with van der Waals surface area (Å²) in [4.78, 5) is 15.7. The molecule has 26 heavy (non-hydrogen) atoms. The number of hydrogen-bond donors (Lipinski definition) is 0. The molecule has 0 radical (unpaired) electrons. The van der Waals surface area contributed by atoms with Crippen LogP contribution in [0, 0.1) is 0 Å². The predicted molar refractivity (Wildman–Crippen MR) is 108 cm³/mol. The quantitative estimate of drug-likeness (QED) is 0.565. The van der Waals surface area contributed by atoms with E-state index in [4.69, 9.17) is 28.6 Å². The average Bonchev–Trinajstić information content (AvgIpc) is 2.85. The number of ether oxygens (including phenoxy) is 1. The second-order valence-corrected chi connectivity index (χ2v) is 6.71. The van der Waals surface area contributed by atoms with Crippen LogP contribution in [0.1, 0.15) is 18.1 Å². The van der Waals surface area contributed by atoms with E-state index in [1.54, 1.807) is 9.80 Å². The van der Waals surface area contributed by atoms with E-state index in [1.165, 1.54) is 0 Å². The summed E-state index contributed by atoms with van der Waals surface area (Å²) in [5.41, 5.74) is 2.54. The molecule has 134 valence electrons. The summed E-state index contributed by atoms with van der Waals surface area (Å²) < 4.78 is 5.78. The number of amides is 1. The van der Waals surface area contributed by atoms with Crippen molar-refractivity contribution >= 4 is 40.9 Å². The second-order valence-electron chi connectivity index (χ2n) is 5.90.